The van der Waals surface area contributed by atoms with E-state index in [2.05, 4.69) is 5.32 Å². The van der Waals surface area contributed by atoms with Crippen molar-refractivity contribution >= 4 is 11.9 Å². The molecule has 0 fully saturated rings. The lowest BCUT2D eigenvalue weighted by Crippen LogP contribution is -2.33. The number of carboxylic acid groups (broad SMARTS) is 1. The Hall–Kier alpha value is -2.04. The van der Waals surface area contributed by atoms with E-state index < -0.39 is 11.9 Å². The van der Waals surface area contributed by atoms with E-state index >= 15 is 0 Å². The van der Waals surface area contributed by atoms with Gasteiger partial charge in [-0.25, -0.2) is 4.79 Å². The molecule has 0 heterocycles. The number of rotatable bonds is 4. The van der Waals surface area contributed by atoms with Crippen molar-refractivity contribution in [3.63, 3.8) is 0 Å². The van der Waals surface area contributed by atoms with Crippen LogP contribution >= 0.6 is 0 Å². The first kappa shape index (κ1) is 12.0. The number of ether oxygens (including phenoxy) is 1. The predicted molar refractivity (Wildman–Crippen MR) is 57.3 cm³/mol. The number of amides is 1. The molecule has 2 N–H and O–H groups in total. The highest BCUT2D eigenvalue weighted by atomic mass is 16.5. The molecule has 0 bridgehead atoms. The fraction of sp³-hybridized carbons (Fsp3) is 0.273. The van der Waals surface area contributed by atoms with Gasteiger partial charge >= 0.3 is 11.9 Å². The highest BCUT2D eigenvalue weighted by Crippen LogP contribution is 2.11. The van der Waals surface area contributed by atoms with Crippen LogP contribution in [0.5, 0.6) is 5.75 Å². The Labute approximate surface area is 93.0 Å². The maximum Gasteiger partial charge on any atom is 0.394 e. The van der Waals surface area contributed by atoms with E-state index in [1.807, 2.05) is 25.1 Å². The molecule has 0 spiro atoms. The number of aryl methyl sites for hydroxylation is 1. The van der Waals surface area contributed by atoms with Gasteiger partial charge in [-0.3, -0.25) is 4.79 Å². The van der Waals surface area contributed by atoms with Crippen LogP contribution < -0.4 is 10.1 Å². The molecular weight excluding hydrogens is 210 g/mol. The molecule has 0 saturated heterocycles. The summed E-state index contributed by atoms with van der Waals surface area (Å²) in [5.41, 5.74) is 1.08. The van der Waals surface area contributed by atoms with Crippen molar-refractivity contribution in [1.29, 1.82) is 0 Å². The second-order valence-corrected chi connectivity index (χ2v) is 3.23. The largest absolute Gasteiger partial charge is 0.492 e. The monoisotopic (exact) mass is 223 g/mol. The summed E-state index contributed by atoms with van der Waals surface area (Å²) in [7, 11) is 0. The number of carboxylic acids is 1. The SMILES string of the molecule is Cc1cccc(OCCNC(=O)C(=O)O)c1. The van der Waals surface area contributed by atoms with Gasteiger partial charge < -0.3 is 15.2 Å². The fourth-order valence-corrected chi connectivity index (χ4v) is 1.11. The second-order valence-electron chi connectivity index (χ2n) is 3.23. The van der Waals surface area contributed by atoms with Crippen molar-refractivity contribution in [1.82, 2.24) is 5.32 Å². The average Bonchev–Trinajstić information content (AvgIpc) is 2.24. The number of aliphatic carboxylic acids is 1. The molecule has 0 atom stereocenters. The highest BCUT2D eigenvalue weighted by molar-refractivity contribution is 6.31. The summed E-state index contributed by atoms with van der Waals surface area (Å²) in [5, 5.41) is 10.5. The summed E-state index contributed by atoms with van der Waals surface area (Å²) >= 11 is 0. The lowest BCUT2D eigenvalue weighted by Gasteiger charge is -2.06. The molecule has 1 aromatic rings. The molecule has 0 unspecified atom stereocenters. The smallest absolute Gasteiger partial charge is 0.394 e. The average molecular weight is 223 g/mol. The molecule has 86 valence electrons. The lowest BCUT2D eigenvalue weighted by molar-refractivity contribution is -0.150. The first-order chi connectivity index (χ1) is 7.59. The number of nitrogens with one attached hydrogen (secondary N) is 1. The van der Waals surface area contributed by atoms with Crippen LogP contribution in [0.15, 0.2) is 24.3 Å². The maximum absolute atomic E-state index is 10.6. The Balaban J connectivity index is 2.26. The molecule has 16 heavy (non-hydrogen) atoms. The third kappa shape index (κ3) is 4.00. The van der Waals surface area contributed by atoms with Crippen LogP contribution in [0.2, 0.25) is 0 Å². The molecule has 0 aliphatic heterocycles. The summed E-state index contributed by atoms with van der Waals surface area (Å²) in [4.78, 5) is 20.8. The molecule has 0 radical (unpaired) electrons. The van der Waals surface area contributed by atoms with E-state index in [1.54, 1.807) is 6.07 Å². The molecule has 1 amide bonds. The van der Waals surface area contributed by atoms with Gasteiger partial charge in [0.15, 0.2) is 0 Å². The molecule has 1 aromatic carbocycles. The van der Waals surface area contributed by atoms with Gasteiger partial charge in [0.2, 0.25) is 0 Å². The molecule has 0 aromatic heterocycles. The number of carbonyl (C=O) groups is 2. The third-order valence-electron chi connectivity index (χ3n) is 1.84. The van der Waals surface area contributed by atoms with Crippen LogP contribution in [0.3, 0.4) is 0 Å². The van der Waals surface area contributed by atoms with Crippen LogP contribution in [0.1, 0.15) is 5.56 Å². The van der Waals surface area contributed by atoms with E-state index in [0.29, 0.717) is 5.75 Å². The second kappa shape index (κ2) is 5.75. The van der Waals surface area contributed by atoms with Crippen molar-refractivity contribution < 1.29 is 19.4 Å². The van der Waals surface area contributed by atoms with Crippen molar-refractivity contribution in [2.75, 3.05) is 13.2 Å². The van der Waals surface area contributed by atoms with Gasteiger partial charge in [0.05, 0.1) is 6.54 Å². The number of benzene rings is 1. The first-order valence-electron chi connectivity index (χ1n) is 4.80. The minimum absolute atomic E-state index is 0.166. The van der Waals surface area contributed by atoms with E-state index in [-0.39, 0.29) is 13.2 Å². The zero-order chi connectivity index (χ0) is 12.0. The van der Waals surface area contributed by atoms with Crippen LogP contribution in [-0.2, 0) is 9.59 Å². The zero-order valence-corrected chi connectivity index (χ0v) is 8.90. The Bertz CT molecular complexity index is 389. The van der Waals surface area contributed by atoms with Crippen molar-refractivity contribution in [3.8, 4) is 5.75 Å². The van der Waals surface area contributed by atoms with Crippen molar-refractivity contribution in [3.05, 3.63) is 29.8 Å². The zero-order valence-electron chi connectivity index (χ0n) is 8.90. The Morgan fingerprint density at radius 1 is 1.44 bits per heavy atom. The van der Waals surface area contributed by atoms with Crippen LogP contribution in [0.4, 0.5) is 0 Å². The summed E-state index contributed by atoms with van der Waals surface area (Å²) in [6.45, 7) is 2.35. The number of hydrogen-bond acceptors (Lipinski definition) is 3. The lowest BCUT2D eigenvalue weighted by atomic mass is 10.2. The molecule has 0 aliphatic rings. The van der Waals surface area contributed by atoms with Gasteiger partial charge in [0, 0.05) is 0 Å². The van der Waals surface area contributed by atoms with Crippen LogP contribution in [-0.4, -0.2) is 30.1 Å². The Morgan fingerprint density at radius 2 is 2.19 bits per heavy atom. The number of carbonyl (C=O) groups excluding carboxylic acids is 1. The minimum Gasteiger partial charge on any atom is -0.492 e. The van der Waals surface area contributed by atoms with E-state index in [9.17, 15) is 9.59 Å². The third-order valence-corrected chi connectivity index (χ3v) is 1.84. The minimum atomic E-state index is -1.49. The summed E-state index contributed by atoms with van der Waals surface area (Å²) in [6.07, 6.45) is 0. The highest BCUT2D eigenvalue weighted by Gasteiger charge is 2.08. The maximum atomic E-state index is 10.6. The molecule has 5 nitrogen and oxygen atoms in total. The Morgan fingerprint density at radius 3 is 2.81 bits per heavy atom. The van der Waals surface area contributed by atoms with Gasteiger partial charge in [-0.1, -0.05) is 12.1 Å². The van der Waals surface area contributed by atoms with Gasteiger partial charge in [0.25, 0.3) is 0 Å². The quantitative estimate of drug-likeness (QED) is 0.578. The Kier molecular flexibility index (Phi) is 4.32. The van der Waals surface area contributed by atoms with E-state index in [4.69, 9.17) is 9.84 Å². The predicted octanol–water partition coefficient (Wildman–Crippen LogP) is 0.575. The first-order valence-corrected chi connectivity index (χ1v) is 4.80. The van der Waals surface area contributed by atoms with Gasteiger partial charge in [-0.2, -0.15) is 0 Å². The normalized spacial score (nSPS) is 9.56. The molecule has 0 saturated carbocycles. The van der Waals surface area contributed by atoms with E-state index in [0.717, 1.165) is 5.56 Å². The van der Waals surface area contributed by atoms with Crippen LogP contribution in [0, 0.1) is 6.92 Å². The standard InChI is InChI=1S/C11H13NO4/c1-8-3-2-4-9(7-8)16-6-5-12-10(13)11(14)15/h2-4,7H,5-6H2,1H3,(H,12,13)(H,14,15). The van der Waals surface area contributed by atoms with Crippen molar-refractivity contribution in [2.45, 2.75) is 6.92 Å². The molecule has 5 heteroatoms. The van der Waals surface area contributed by atoms with Crippen LogP contribution in [0.25, 0.3) is 0 Å². The fourth-order valence-electron chi connectivity index (χ4n) is 1.11. The summed E-state index contributed by atoms with van der Waals surface area (Å²) in [6, 6.07) is 7.46. The van der Waals surface area contributed by atoms with Crippen molar-refractivity contribution in [2.24, 2.45) is 0 Å². The summed E-state index contributed by atoms with van der Waals surface area (Å²) in [5.74, 6) is -1.81. The van der Waals surface area contributed by atoms with E-state index in [1.165, 1.54) is 0 Å². The number of hydrogen-bond donors (Lipinski definition) is 2. The molecular formula is C11H13NO4. The summed E-state index contributed by atoms with van der Waals surface area (Å²) < 4.78 is 5.31. The topological polar surface area (TPSA) is 75.6 Å². The van der Waals surface area contributed by atoms with Gasteiger partial charge in [-0.15, -0.1) is 0 Å². The van der Waals surface area contributed by atoms with Gasteiger partial charge in [0.1, 0.15) is 12.4 Å². The molecule has 1 rings (SSSR count). The molecule has 0 aliphatic carbocycles. The van der Waals surface area contributed by atoms with Gasteiger partial charge in [-0.05, 0) is 24.6 Å².